The molecule has 4 rings (SSSR count). The van der Waals surface area contributed by atoms with Gasteiger partial charge in [0.2, 0.25) is 5.96 Å². The highest BCUT2D eigenvalue weighted by atomic mass is 35.5. The van der Waals surface area contributed by atoms with Crippen LogP contribution < -0.4 is 19.7 Å². The van der Waals surface area contributed by atoms with Crippen molar-refractivity contribution in [2.75, 3.05) is 24.6 Å². The van der Waals surface area contributed by atoms with Crippen molar-refractivity contribution in [1.82, 2.24) is 10.2 Å². The number of rotatable bonds is 9. The van der Waals surface area contributed by atoms with Crippen LogP contribution in [0.3, 0.4) is 0 Å². The summed E-state index contributed by atoms with van der Waals surface area (Å²) in [5.74, 6) is 1.09. The summed E-state index contributed by atoms with van der Waals surface area (Å²) in [6.45, 7) is 12.2. The second-order valence-corrected chi connectivity index (χ2v) is 14.3. The van der Waals surface area contributed by atoms with E-state index in [1.807, 2.05) is 60.7 Å². The quantitative estimate of drug-likeness (QED) is 0.170. The Balaban J connectivity index is 1.32. The summed E-state index contributed by atoms with van der Waals surface area (Å²) in [5, 5.41) is 11.9. The summed E-state index contributed by atoms with van der Waals surface area (Å²) in [6.07, 6.45) is -0.595. The fourth-order valence-electron chi connectivity index (χ4n) is 4.92. The first-order chi connectivity index (χ1) is 22.6. The zero-order chi connectivity index (χ0) is 35.1. The Bertz CT molecular complexity index is 1590. The molecule has 1 aliphatic heterocycles. The number of halogens is 2. The van der Waals surface area contributed by atoms with Crippen molar-refractivity contribution in [1.29, 1.82) is 5.41 Å². The van der Waals surface area contributed by atoms with Gasteiger partial charge in [-0.2, -0.15) is 0 Å². The second kappa shape index (κ2) is 15.8. The van der Waals surface area contributed by atoms with E-state index < -0.39 is 29.3 Å². The van der Waals surface area contributed by atoms with Gasteiger partial charge in [0.25, 0.3) is 0 Å². The Morgan fingerprint density at radius 2 is 1.67 bits per heavy atom. The Kier molecular flexibility index (Phi) is 12.1. The average Bonchev–Trinajstić information content (AvgIpc) is 2.97. The number of fused-ring (bicyclic) bond motifs is 1. The maximum atomic E-state index is 12.9. The van der Waals surface area contributed by atoms with Gasteiger partial charge in [0, 0.05) is 29.6 Å². The van der Waals surface area contributed by atoms with Crippen molar-refractivity contribution < 1.29 is 28.5 Å². The molecule has 258 valence electrons. The lowest BCUT2D eigenvalue weighted by atomic mass is 10.1. The van der Waals surface area contributed by atoms with E-state index in [-0.39, 0.29) is 12.6 Å². The number of amides is 2. The van der Waals surface area contributed by atoms with E-state index in [9.17, 15) is 9.59 Å². The van der Waals surface area contributed by atoms with E-state index in [2.05, 4.69) is 10.2 Å². The molecule has 0 fully saturated rings. The SMILES string of the molecule is CC(C)(C)OC(=O)NC(=N)N(CCc1ccc(OCCC2CN(Cc3ccc(Cl)cc3Cl)c3ccccc3O2)cc1)C(=O)OC(C)(C)C. The van der Waals surface area contributed by atoms with Crippen LogP contribution in [0.15, 0.2) is 66.7 Å². The first-order valence-corrected chi connectivity index (χ1v) is 16.6. The molecule has 0 aromatic heterocycles. The maximum absolute atomic E-state index is 12.9. The molecule has 48 heavy (non-hydrogen) atoms. The zero-order valence-electron chi connectivity index (χ0n) is 28.3. The third-order valence-electron chi connectivity index (χ3n) is 7.06. The Labute approximate surface area is 292 Å². The van der Waals surface area contributed by atoms with Crippen LogP contribution in [0.2, 0.25) is 10.0 Å². The van der Waals surface area contributed by atoms with Crippen molar-refractivity contribution in [3.63, 3.8) is 0 Å². The fourth-order valence-corrected chi connectivity index (χ4v) is 5.38. The van der Waals surface area contributed by atoms with Crippen molar-refractivity contribution in [2.24, 2.45) is 0 Å². The molecule has 0 saturated carbocycles. The van der Waals surface area contributed by atoms with Crippen molar-refractivity contribution in [3.05, 3.63) is 87.9 Å². The molecule has 3 aromatic rings. The Hall–Kier alpha value is -4.15. The molecule has 0 saturated heterocycles. The van der Waals surface area contributed by atoms with Gasteiger partial charge in [0.05, 0.1) is 18.8 Å². The molecule has 0 spiro atoms. The summed E-state index contributed by atoms with van der Waals surface area (Å²) in [7, 11) is 0. The first kappa shape index (κ1) is 36.7. The standard InChI is InChI=1S/C36H44Cl2N4O6/c1-35(2,3)47-33(43)40-32(39)42(34(44)48-36(4,5)6)19-17-24-11-15-27(16-12-24)45-20-18-28-23-41(30-9-7-8-10-31(30)46-28)22-25-13-14-26(37)21-29(25)38/h7-16,21,28H,17-20,22-23H2,1-6H3,(H2,39,40,43). The number of guanidine groups is 1. The summed E-state index contributed by atoms with van der Waals surface area (Å²) in [5.41, 5.74) is 1.36. The molecule has 1 unspecified atom stereocenters. The van der Waals surface area contributed by atoms with E-state index in [1.165, 1.54) is 0 Å². The molecule has 0 aliphatic carbocycles. The lowest BCUT2D eigenvalue weighted by molar-refractivity contribution is 0.0358. The summed E-state index contributed by atoms with van der Waals surface area (Å²) >= 11 is 12.6. The largest absolute Gasteiger partial charge is 0.493 e. The molecule has 2 amide bonds. The molecular formula is C36H44Cl2N4O6. The van der Waals surface area contributed by atoms with Gasteiger partial charge < -0.3 is 23.8 Å². The normalized spacial score (nSPS) is 14.3. The Morgan fingerprint density at radius 1 is 0.979 bits per heavy atom. The topological polar surface area (TPSA) is 113 Å². The summed E-state index contributed by atoms with van der Waals surface area (Å²) in [6, 6.07) is 21.0. The number of carbonyl (C=O) groups is 2. The van der Waals surface area contributed by atoms with Crippen LogP contribution in [0, 0.1) is 5.41 Å². The third kappa shape index (κ3) is 11.2. The molecule has 0 bridgehead atoms. The molecule has 1 heterocycles. The van der Waals surface area contributed by atoms with Crippen LogP contribution in [-0.2, 0) is 22.4 Å². The highest BCUT2D eigenvalue weighted by molar-refractivity contribution is 6.35. The smallest absolute Gasteiger partial charge is 0.417 e. The molecule has 10 nitrogen and oxygen atoms in total. The number of anilines is 1. The third-order valence-corrected chi connectivity index (χ3v) is 7.65. The molecule has 3 aromatic carbocycles. The molecule has 0 radical (unpaired) electrons. The van der Waals surface area contributed by atoms with Crippen LogP contribution in [0.1, 0.15) is 59.1 Å². The van der Waals surface area contributed by atoms with E-state index in [0.29, 0.717) is 48.3 Å². The van der Waals surface area contributed by atoms with E-state index in [4.69, 9.17) is 47.6 Å². The van der Waals surface area contributed by atoms with Gasteiger partial charge >= 0.3 is 12.2 Å². The number of nitrogens with one attached hydrogen (secondary N) is 2. The Morgan fingerprint density at radius 3 is 2.33 bits per heavy atom. The monoisotopic (exact) mass is 698 g/mol. The molecular weight excluding hydrogens is 655 g/mol. The number of alkyl carbamates (subject to hydrolysis) is 1. The van der Waals surface area contributed by atoms with Gasteiger partial charge in [0.1, 0.15) is 28.8 Å². The minimum Gasteiger partial charge on any atom is -0.493 e. The minimum atomic E-state index is -0.830. The summed E-state index contributed by atoms with van der Waals surface area (Å²) < 4.78 is 23.1. The van der Waals surface area contributed by atoms with E-state index >= 15 is 0 Å². The van der Waals surface area contributed by atoms with Gasteiger partial charge in [0.15, 0.2) is 0 Å². The predicted molar refractivity (Wildman–Crippen MR) is 189 cm³/mol. The maximum Gasteiger partial charge on any atom is 0.417 e. The molecule has 1 aliphatic rings. The van der Waals surface area contributed by atoms with Gasteiger partial charge in [-0.1, -0.05) is 53.5 Å². The van der Waals surface area contributed by atoms with Gasteiger partial charge in [-0.25, -0.2) is 14.5 Å². The van der Waals surface area contributed by atoms with Crippen LogP contribution >= 0.6 is 23.2 Å². The number of hydrogen-bond donors (Lipinski definition) is 2. The highest BCUT2D eigenvalue weighted by Crippen LogP contribution is 2.36. The van der Waals surface area contributed by atoms with Crippen molar-refractivity contribution >= 4 is 47.0 Å². The van der Waals surface area contributed by atoms with Crippen molar-refractivity contribution in [3.8, 4) is 11.5 Å². The number of nitrogens with zero attached hydrogens (tertiary/aromatic N) is 2. The second-order valence-electron chi connectivity index (χ2n) is 13.5. The highest BCUT2D eigenvalue weighted by Gasteiger charge is 2.28. The van der Waals surface area contributed by atoms with E-state index in [1.54, 1.807) is 47.6 Å². The predicted octanol–water partition coefficient (Wildman–Crippen LogP) is 8.47. The van der Waals surface area contributed by atoms with E-state index in [0.717, 1.165) is 27.5 Å². The van der Waals surface area contributed by atoms with Gasteiger partial charge in [-0.05, 0) is 95.5 Å². The molecule has 2 N–H and O–H groups in total. The van der Waals surface area contributed by atoms with Gasteiger partial charge in [-0.3, -0.25) is 10.7 Å². The number of hydrogen-bond acceptors (Lipinski definition) is 8. The number of para-hydroxylation sites is 2. The first-order valence-electron chi connectivity index (χ1n) is 15.8. The molecule has 12 heteroatoms. The van der Waals surface area contributed by atoms with Crippen LogP contribution in [0.5, 0.6) is 11.5 Å². The fraction of sp³-hybridized carbons (Fsp3) is 0.417. The number of ether oxygens (including phenoxy) is 4. The summed E-state index contributed by atoms with van der Waals surface area (Å²) in [4.78, 5) is 28.5. The van der Waals surface area contributed by atoms with Crippen molar-refractivity contribution in [2.45, 2.75) is 78.2 Å². The zero-order valence-corrected chi connectivity index (χ0v) is 29.8. The van der Waals surface area contributed by atoms with Crippen LogP contribution in [-0.4, -0.2) is 60.0 Å². The lowest BCUT2D eigenvalue weighted by Crippen LogP contribution is -2.50. The number of benzene rings is 3. The lowest BCUT2D eigenvalue weighted by Gasteiger charge is -2.36. The molecule has 1 atom stereocenters. The van der Waals surface area contributed by atoms with Crippen LogP contribution in [0.4, 0.5) is 15.3 Å². The number of carbonyl (C=O) groups excluding carboxylic acids is 2. The minimum absolute atomic E-state index is 0.0892. The van der Waals surface area contributed by atoms with Crippen LogP contribution in [0.25, 0.3) is 0 Å². The average molecular weight is 700 g/mol. The van der Waals surface area contributed by atoms with Gasteiger partial charge in [-0.15, -0.1) is 0 Å².